The highest BCUT2D eigenvalue weighted by Crippen LogP contribution is 2.22. The van der Waals surface area contributed by atoms with Gasteiger partial charge in [-0.25, -0.2) is 0 Å². The van der Waals surface area contributed by atoms with Crippen molar-refractivity contribution in [2.75, 3.05) is 13.1 Å². The number of rotatable bonds is 5. The van der Waals surface area contributed by atoms with Crippen LogP contribution in [0, 0.1) is 5.92 Å². The lowest BCUT2D eigenvalue weighted by molar-refractivity contribution is -0.125. The van der Waals surface area contributed by atoms with Gasteiger partial charge in [0.25, 0.3) is 0 Å². The Bertz CT molecular complexity index is 499. The minimum atomic E-state index is 0.200. The van der Waals surface area contributed by atoms with Gasteiger partial charge in [-0.3, -0.25) is 9.69 Å². The van der Waals surface area contributed by atoms with Crippen LogP contribution in [0.25, 0.3) is 0 Å². The van der Waals surface area contributed by atoms with Crippen molar-refractivity contribution in [3.8, 4) is 0 Å². The standard InChI is InChI=1S/C18H24N2O/c21-18(15-7-2-1-3-8-15)19-11-6-12-20-13-16-9-4-5-10-17(16)14-20/h1-2,4-5,9-10,15H,3,6-8,11-14H2,(H,19,21)/t15-/m1/s1. The van der Waals surface area contributed by atoms with E-state index < -0.39 is 0 Å². The third-order valence-corrected chi connectivity index (χ3v) is 4.50. The highest BCUT2D eigenvalue weighted by atomic mass is 16.1. The molecule has 0 aromatic heterocycles. The number of carbonyl (C=O) groups excluding carboxylic acids is 1. The van der Waals surface area contributed by atoms with E-state index in [1.165, 1.54) is 11.1 Å². The van der Waals surface area contributed by atoms with E-state index in [9.17, 15) is 4.79 Å². The summed E-state index contributed by atoms with van der Waals surface area (Å²) in [5.41, 5.74) is 2.91. The summed E-state index contributed by atoms with van der Waals surface area (Å²) in [6, 6.07) is 8.66. The van der Waals surface area contributed by atoms with Gasteiger partial charge in [-0.15, -0.1) is 0 Å². The summed E-state index contributed by atoms with van der Waals surface area (Å²) in [5.74, 6) is 0.440. The molecule has 1 aliphatic heterocycles. The number of fused-ring (bicyclic) bond motifs is 1. The second-order valence-corrected chi connectivity index (χ2v) is 6.11. The highest BCUT2D eigenvalue weighted by Gasteiger charge is 2.19. The van der Waals surface area contributed by atoms with Crippen molar-refractivity contribution in [3.05, 3.63) is 47.5 Å². The zero-order valence-electron chi connectivity index (χ0n) is 12.6. The van der Waals surface area contributed by atoms with Crippen LogP contribution in [0.4, 0.5) is 0 Å². The van der Waals surface area contributed by atoms with Crippen LogP contribution < -0.4 is 5.32 Å². The molecular formula is C18H24N2O. The summed E-state index contributed by atoms with van der Waals surface area (Å²) in [7, 11) is 0. The molecule has 0 radical (unpaired) electrons. The van der Waals surface area contributed by atoms with Crippen molar-refractivity contribution in [3.63, 3.8) is 0 Å². The van der Waals surface area contributed by atoms with Gasteiger partial charge in [0, 0.05) is 32.1 Å². The Morgan fingerprint density at radius 3 is 2.62 bits per heavy atom. The minimum Gasteiger partial charge on any atom is -0.356 e. The summed E-state index contributed by atoms with van der Waals surface area (Å²) in [4.78, 5) is 14.5. The maximum Gasteiger partial charge on any atom is 0.223 e. The SMILES string of the molecule is O=C(NCCCN1Cc2ccccc2C1)[C@@H]1CC=CCC1. The maximum atomic E-state index is 12.0. The van der Waals surface area contributed by atoms with Gasteiger partial charge in [-0.1, -0.05) is 36.4 Å². The molecule has 0 unspecified atom stereocenters. The fraction of sp³-hybridized carbons (Fsp3) is 0.500. The van der Waals surface area contributed by atoms with Crippen molar-refractivity contribution >= 4 is 5.91 Å². The first-order valence-corrected chi connectivity index (χ1v) is 8.05. The third kappa shape index (κ3) is 3.73. The van der Waals surface area contributed by atoms with Gasteiger partial charge in [0.05, 0.1) is 0 Å². The quantitative estimate of drug-likeness (QED) is 0.666. The Kier molecular flexibility index (Phi) is 4.71. The van der Waals surface area contributed by atoms with E-state index in [4.69, 9.17) is 0 Å². The molecule has 112 valence electrons. The zero-order valence-corrected chi connectivity index (χ0v) is 12.6. The Hall–Kier alpha value is -1.61. The van der Waals surface area contributed by atoms with E-state index in [0.717, 1.165) is 51.9 Å². The minimum absolute atomic E-state index is 0.200. The summed E-state index contributed by atoms with van der Waals surface area (Å²) in [6.07, 6.45) is 8.30. The Morgan fingerprint density at radius 1 is 1.19 bits per heavy atom. The molecular weight excluding hydrogens is 260 g/mol. The first-order chi connectivity index (χ1) is 10.3. The summed E-state index contributed by atoms with van der Waals surface area (Å²) in [5, 5.41) is 3.10. The molecule has 21 heavy (non-hydrogen) atoms. The topological polar surface area (TPSA) is 32.3 Å². The van der Waals surface area contributed by atoms with E-state index in [0.29, 0.717) is 0 Å². The fourth-order valence-corrected chi connectivity index (χ4v) is 3.25. The normalized spacial score (nSPS) is 21.2. The van der Waals surface area contributed by atoms with Gasteiger partial charge < -0.3 is 5.32 Å². The summed E-state index contributed by atoms with van der Waals surface area (Å²) >= 11 is 0. The highest BCUT2D eigenvalue weighted by molar-refractivity contribution is 5.78. The molecule has 1 amide bonds. The lowest BCUT2D eigenvalue weighted by atomic mass is 9.94. The molecule has 3 rings (SSSR count). The van der Waals surface area contributed by atoms with Crippen molar-refractivity contribution in [1.29, 1.82) is 0 Å². The lowest BCUT2D eigenvalue weighted by Crippen LogP contribution is -2.33. The second kappa shape index (κ2) is 6.90. The number of benzene rings is 1. The van der Waals surface area contributed by atoms with Crippen LogP contribution in [0.1, 0.15) is 36.8 Å². The average molecular weight is 284 g/mol. The molecule has 1 aromatic carbocycles. The summed E-state index contributed by atoms with van der Waals surface area (Å²) in [6.45, 7) is 3.96. The number of nitrogens with zero attached hydrogens (tertiary/aromatic N) is 1. The molecule has 3 nitrogen and oxygen atoms in total. The molecule has 1 aromatic rings. The van der Waals surface area contributed by atoms with E-state index in [2.05, 4.69) is 46.6 Å². The number of amides is 1. The largest absolute Gasteiger partial charge is 0.356 e. The molecule has 3 heteroatoms. The monoisotopic (exact) mass is 284 g/mol. The number of nitrogens with one attached hydrogen (secondary N) is 1. The Balaban J connectivity index is 1.34. The van der Waals surface area contributed by atoms with Crippen LogP contribution in [0.5, 0.6) is 0 Å². The molecule has 1 N–H and O–H groups in total. The smallest absolute Gasteiger partial charge is 0.223 e. The molecule has 0 saturated heterocycles. The number of hydrogen-bond donors (Lipinski definition) is 1. The van der Waals surface area contributed by atoms with Gasteiger partial charge in [0.2, 0.25) is 5.91 Å². The molecule has 1 atom stereocenters. The van der Waals surface area contributed by atoms with E-state index in [1.54, 1.807) is 0 Å². The molecule has 1 heterocycles. The van der Waals surface area contributed by atoms with Crippen LogP contribution in [-0.2, 0) is 17.9 Å². The van der Waals surface area contributed by atoms with Gasteiger partial charge in [0.15, 0.2) is 0 Å². The van der Waals surface area contributed by atoms with Crippen molar-refractivity contribution in [1.82, 2.24) is 10.2 Å². The van der Waals surface area contributed by atoms with Crippen LogP contribution in [0.2, 0.25) is 0 Å². The Labute approximate surface area is 127 Å². The van der Waals surface area contributed by atoms with Gasteiger partial charge in [-0.05, 0) is 36.8 Å². The van der Waals surface area contributed by atoms with Gasteiger partial charge in [-0.2, -0.15) is 0 Å². The predicted octanol–water partition coefficient (Wildman–Crippen LogP) is 2.86. The number of hydrogen-bond acceptors (Lipinski definition) is 2. The lowest BCUT2D eigenvalue weighted by Gasteiger charge is -2.18. The molecule has 0 fully saturated rings. The second-order valence-electron chi connectivity index (χ2n) is 6.11. The molecule has 0 saturated carbocycles. The van der Waals surface area contributed by atoms with E-state index in [1.807, 2.05) is 0 Å². The number of carbonyl (C=O) groups is 1. The van der Waals surface area contributed by atoms with Crippen molar-refractivity contribution < 1.29 is 4.79 Å². The fourth-order valence-electron chi connectivity index (χ4n) is 3.25. The van der Waals surface area contributed by atoms with Crippen molar-refractivity contribution in [2.45, 2.75) is 38.8 Å². The first-order valence-electron chi connectivity index (χ1n) is 8.05. The predicted molar refractivity (Wildman–Crippen MR) is 84.7 cm³/mol. The molecule has 0 bridgehead atoms. The molecule has 0 spiro atoms. The van der Waals surface area contributed by atoms with E-state index >= 15 is 0 Å². The van der Waals surface area contributed by atoms with Crippen LogP contribution >= 0.6 is 0 Å². The van der Waals surface area contributed by atoms with Crippen LogP contribution in [0.3, 0.4) is 0 Å². The molecule has 1 aliphatic carbocycles. The van der Waals surface area contributed by atoms with Crippen LogP contribution in [0.15, 0.2) is 36.4 Å². The molecule has 2 aliphatic rings. The Morgan fingerprint density at radius 2 is 1.95 bits per heavy atom. The summed E-state index contributed by atoms with van der Waals surface area (Å²) < 4.78 is 0. The first kappa shape index (κ1) is 14.3. The van der Waals surface area contributed by atoms with Gasteiger partial charge >= 0.3 is 0 Å². The van der Waals surface area contributed by atoms with E-state index in [-0.39, 0.29) is 11.8 Å². The third-order valence-electron chi connectivity index (χ3n) is 4.50. The van der Waals surface area contributed by atoms with Gasteiger partial charge in [0.1, 0.15) is 0 Å². The van der Waals surface area contributed by atoms with Crippen molar-refractivity contribution in [2.24, 2.45) is 5.92 Å². The number of allylic oxidation sites excluding steroid dienone is 2. The zero-order chi connectivity index (χ0) is 14.5. The maximum absolute atomic E-state index is 12.0. The van der Waals surface area contributed by atoms with Crippen LogP contribution in [-0.4, -0.2) is 23.9 Å². The average Bonchev–Trinajstić information content (AvgIpc) is 2.95.